The van der Waals surface area contributed by atoms with Crippen LogP contribution < -0.4 is 16.4 Å². The fourth-order valence-electron chi connectivity index (χ4n) is 3.03. The standard InChI is InChI=1S/C19H24N6O3/c1-3-10-24(13-16-20-8-11-23(16)2)19(28)21-9-12-25-18(27)15-7-5-4-6-14(15)17(26)22-25/h4-8,11H,3,9-10,12-13H2,1-2H3,(H,21,28)(H,22,26). The summed E-state index contributed by atoms with van der Waals surface area (Å²) in [5.41, 5.74) is -0.619. The van der Waals surface area contributed by atoms with E-state index in [9.17, 15) is 14.4 Å². The highest BCUT2D eigenvalue weighted by Crippen LogP contribution is 2.04. The fraction of sp³-hybridized carbons (Fsp3) is 0.368. The predicted octanol–water partition coefficient (Wildman–Crippen LogP) is 1.05. The molecule has 2 heterocycles. The molecule has 3 aromatic rings. The first-order valence-electron chi connectivity index (χ1n) is 9.22. The van der Waals surface area contributed by atoms with Gasteiger partial charge in [-0.2, -0.15) is 0 Å². The van der Waals surface area contributed by atoms with E-state index in [0.29, 0.717) is 23.9 Å². The molecule has 148 valence electrons. The van der Waals surface area contributed by atoms with Crippen molar-refractivity contribution in [1.29, 1.82) is 0 Å². The maximum atomic E-state index is 12.5. The molecule has 0 aliphatic carbocycles. The highest BCUT2D eigenvalue weighted by atomic mass is 16.2. The van der Waals surface area contributed by atoms with Gasteiger partial charge in [-0.3, -0.25) is 14.7 Å². The molecular weight excluding hydrogens is 360 g/mol. The first kappa shape index (κ1) is 19.4. The Morgan fingerprint density at radius 1 is 1.25 bits per heavy atom. The van der Waals surface area contributed by atoms with Crippen LogP contribution in [0.25, 0.3) is 10.8 Å². The van der Waals surface area contributed by atoms with E-state index in [1.807, 2.05) is 24.7 Å². The van der Waals surface area contributed by atoms with Crippen molar-refractivity contribution in [3.8, 4) is 0 Å². The topological polar surface area (TPSA) is 105 Å². The number of nitrogens with zero attached hydrogens (tertiary/aromatic N) is 4. The second-order valence-corrected chi connectivity index (χ2v) is 6.55. The van der Waals surface area contributed by atoms with Crippen LogP contribution in [0.4, 0.5) is 4.79 Å². The summed E-state index contributed by atoms with van der Waals surface area (Å²) < 4.78 is 3.10. The molecule has 0 fully saturated rings. The average Bonchev–Trinajstić information content (AvgIpc) is 3.10. The van der Waals surface area contributed by atoms with Crippen LogP contribution in [-0.2, 0) is 20.1 Å². The van der Waals surface area contributed by atoms with Gasteiger partial charge in [-0.05, 0) is 18.6 Å². The third-order valence-electron chi connectivity index (χ3n) is 4.53. The number of hydrogen-bond acceptors (Lipinski definition) is 4. The lowest BCUT2D eigenvalue weighted by molar-refractivity contribution is 0.192. The number of aromatic amines is 1. The van der Waals surface area contributed by atoms with E-state index in [0.717, 1.165) is 12.2 Å². The van der Waals surface area contributed by atoms with Gasteiger partial charge < -0.3 is 14.8 Å². The molecule has 0 aliphatic heterocycles. The van der Waals surface area contributed by atoms with Crippen LogP contribution in [-0.4, -0.2) is 43.4 Å². The number of aryl methyl sites for hydroxylation is 1. The Morgan fingerprint density at radius 3 is 2.68 bits per heavy atom. The molecule has 1 aromatic carbocycles. The summed E-state index contributed by atoms with van der Waals surface area (Å²) in [6, 6.07) is 6.43. The second kappa shape index (κ2) is 8.55. The zero-order chi connectivity index (χ0) is 20.1. The molecule has 0 saturated carbocycles. The van der Waals surface area contributed by atoms with Gasteiger partial charge in [-0.25, -0.2) is 14.5 Å². The SMILES string of the molecule is CCCN(Cc1nccn1C)C(=O)NCCn1[nH]c(=O)c2ccccc2c1=O. The lowest BCUT2D eigenvalue weighted by Gasteiger charge is -2.22. The molecule has 9 nitrogen and oxygen atoms in total. The molecule has 0 unspecified atom stereocenters. The molecule has 2 amide bonds. The first-order chi connectivity index (χ1) is 13.5. The summed E-state index contributed by atoms with van der Waals surface area (Å²) in [6.45, 7) is 3.38. The summed E-state index contributed by atoms with van der Waals surface area (Å²) in [6.07, 6.45) is 4.34. The van der Waals surface area contributed by atoms with Gasteiger partial charge in [0.15, 0.2) is 0 Å². The minimum Gasteiger partial charge on any atom is -0.337 e. The van der Waals surface area contributed by atoms with Gasteiger partial charge >= 0.3 is 6.03 Å². The Morgan fingerprint density at radius 2 is 2.00 bits per heavy atom. The summed E-state index contributed by atoms with van der Waals surface area (Å²) in [5, 5.41) is 6.09. The van der Waals surface area contributed by atoms with Crippen molar-refractivity contribution in [2.75, 3.05) is 13.1 Å². The number of nitrogens with one attached hydrogen (secondary N) is 2. The van der Waals surface area contributed by atoms with Crippen LogP contribution in [0.1, 0.15) is 19.2 Å². The van der Waals surface area contributed by atoms with Crippen LogP contribution in [0.2, 0.25) is 0 Å². The summed E-state index contributed by atoms with van der Waals surface area (Å²) in [7, 11) is 1.88. The molecule has 0 bridgehead atoms. The van der Waals surface area contributed by atoms with Crippen LogP contribution in [0.15, 0.2) is 46.2 Å². The molecule has 0 aliphatic rings. The Hall–Kier alpha value is -3.36. The number of fused-ring (bicyclic) bond motifs is 1. The number of amides is 2. The van der Waals surface area contributed by atoms with Crippen molar-refractivity contribution in [2.45, 2.75) is 26.4 Å². The van der Waals surface area contributed by atoms with E-state index in [1.165, 1.54) is 4.68 Å². The van der Waals surface area contributed by atoms with Crippen LogP contribution >= 0.6 is 0 Å². The summed E-state index contributed by atoms with van der Waals surface area (Å²) in [5.74, 6) is 0.790. The minimum atomic E-state index is -0.330. The minimum absolute atomic E-state index is 0.174. The van der Waals surface area contributed by atoms with Crippen molar-refractivity contribution >= 4 is 16.8 Å². The number of carbonyl (C=O) groups is 1. The lowest BCUT2D eigenvalue weighted by Crippen LogP contribution is -2.42. The smallest absolute Gasteiger partial charge is 0.317 e. The first-order valence-corrected chi connectivity index (χ1v) is 9.22. The largest absolute Gasteiger partial charge is 0.337 e. The van der Waals surface area contributed by atoms with Crippen LogP contribution in [0, 0.1) is 0 Å². The quantitative estimate of drug-likeness (QED) is 0.635. The second-order valence-electron chi connectivity index (χ2n) is 6.55. The molecule has 3 rings (SSSR count). The van der Waals surface area contributed by atoms with Crippen LogP contribution in [0.5, 0.6) is 0 Å². The third-order valence-corrected chi connectivity index (χ3v) is 4.53. The molecule has 2 aromatic heterocycles. The fourth-order valence-corrected chi connectivity index (χ4v) is 3.03. The zero-order valence-electron chi connectivity index (χ0n) is 16.0. The molecular formula is C19H24N6O3. The van der Waals surface area contributed by atoms with Crippen molar-refractivity contribution in [2.24, 2.45) is 7.05 Å². The molecule has 0 atom stereocenters. The number of rotatable bonds is 7. The number of carbonyl (C=O) groups excluding carboxylic acids is 1. The van der Waals surface area contributed by atoms with Gasteiger partial charge in [0.25, 0.3) is 11.1 Å². The molecule has 9 heteroatoms. The number of imidazole rings is 1. The zero-order valence-corrected chi connectivity index (χ0v) is 16.0. The Kier molecular flexibility index (Phi) is 5.93. The van der Waals surface area contributed by atoms with E-state index in [1.54, 1.807) is 35.4 Å². The van der Waals surface area contributed by atoms with Crippen molar-refractivity contribution in [3.63, 3.8) is 0 Å². The number of benzene rings is 1. The monoisotopic (exact) mass is 384 g/mol. The maximum Gasteiger partial charge on any atom is 0.317 e. The molecule has 28 heavy (non-hydrogen) atoms. The highest BCUT2D eigenvalue weighted by Gasteiger charge is 2.15. The Bertz CT molecular complexity index is 1080. The maximum absolute atomic E-state index is 12.5. The lowest BCUT2D eigenvalue weighted by atomic mass is 10.2. The molecule has 0 radical (unpaired) electrons. The predicted molar refractivity (Wildman–Crippen MR) is 106 cm³/mol. The summed E-state index contributed by atoms with van der Waals surface area (Å²) in [4.78, 5) is 43.1. The summed E-state index contributed by atoms with van der Waals surface area (Å²) >= 11 is 0. The third kappa shape index (κ3) is 4.13. The van der Waals surface area contributed by atoms with E-state index in [4.69, 9.17) is 0 Å². The van der Waals surface area contributed by atoms with E-state index in [-0.39, 0.29) is 30.2 Å². The van der Waals surface area contributed by atoms with Gasteiger partial charge in [0.2, 0.25) is 0 Å². The van der Waals surface area contributed by atoms with Gasteiger partial charge in [0.1, 0.15) is 5.82 Å². The van der Waals surface area contributed by atoms with Crippen molar-refractivity contribution in [1.82, 2.24) is 29.5 Å². The number of H-pyrrole nitrogens is 1. The number of urea groups is 1. The highest BCUT2D eigenvalue weighted by molar-refractivity contribution is 5.80. The average molecular weight is 384 g/mol. The Labute approximate surface area is 161 Å². The Balaban J connectivity index is 1.66. The van der Waals surface area contributed by atoms with Crippen molar-refractivity contribution in [3.05, 3.63) is 63.2 Å². The van der Waals surface area contributed by atoms with E-state index in [2.05, 4.69) is 15.4 Å². The van der Waals surface area contributed by atoms with E-state index >= 15 is 0 Å². The molecule has 0 spiro atoms. The van der Waals surface area contributed by atoms with E-state index < -0.39 is 0 Å². The van der Waals surface area contributed by atoms with Crippen molar-refractivity contribution < 1.29 is 4.79 Å². The van der Waals surface area contributed by atoms with Gasteiger partial charge in [-0.1, -0.05) is 19.1 Å². The molecule has 0 saturated heterocycles. The molecule has 2 N–H and O–H groups in total. The van der Waals surface area contributed by atoms with Gasteiger partial charge in [0, 0.05) is 32.5 Å². The van der Waals surface area contributed by atoms with Gasteiger partial charge in [0.05, 0.1) is 23.9 Å². The van der Waals surface area contributed by atoms with Crippen LogP contribution in [0.3, 0.4) is 0 Å². The number of aromatic nitrogens is 4. The number of hydrogen-bond donors (Lipinski definition) is 2. The van der Waals surface area contributed by atoms with Gasteiger partial charge in [-0.15, -0.1) is 0 Å². The normalized spacial score (nSPS) is 10.9.